The summed E-state index contributed by atoms with van der Waals surface area (Å²) in [5, 5.41) is 13.2. The predicted molar refractivity (Wildman–Crippen MR) is 75.1 cm³/mol. The van der Waals surface area contributed by atoms with E-state index >= 15 is 0 Å². The molecule has 1 aromatic heterocycles. The van der Waals surface area contributed by atoms with Crippen LogP contribution in [0.4, 0.5) is 5.69 Å². The van der Waals surface area contributed by atoms with Gasteiger partial charge in [0.15, 0.2) is 0 Å². The number of carboxylic acid groups (broad SMARTS) is 1. The molecular weight excluding hydrogens is 262 g/mol. The van der Waals surface area contributed by atoms with Crippen molar-refractivity contribution in [3.63, 3.8) is 0 Å². The van der Waals surface area contributed by atoms with Crippen LogP contribution in [0.25, 0.3) is 0 Å². The number of thiophene rings is 1. The number of amides is 1. The van der Waals surface area contributed by atoms with Gasteiger partial charge in [-0.3, -0.25) is 4.79 Å². The van der Waals surface area contributed by atoms with E-state index in [1.54, 1.807) is 23.6 Å². The van der Waals surface area contributed by atoms with E-state index in [1.165, 1.54) is 0 Å². The number of hydrogen-bond acceptors (Lipinski definition) is 3. The van der Waals surface area contributed by atoms with Crippen LogP contribution in [0.2, 0.25) is 0 Å². The number of rotatable bonds is 3. The number of carbonyl (C=O) groups excluding carboxylic acids is 1. The number of anilines is 1. The van der Waals surface area contributed by atoms with E-state index in [0.717, 1.165) is 22.5 Å². The second-order valence-corrected chi connectivity index (χ2v) is 5.14. The standard InChI is InChI=1S/C14H13NO3S/c1-8-3-4-10(7-9(8)2)13(16)15-11-5-6-19-12(11)14(17)18/h3-7H,1-2H3,(H,15,16)(H,17,18). The van der Waals surface area contributed by atoms with Gasteiger partial charge in [0.05, 0.1) is 5.69 Å². The lowest BCUT2D eigenvalue weighted by molar-refractivity contribution is 0.0703. The monoisotopic (exact) mass is 275 g/mol. The Morgan fingerprint density at radius 1 is 1.16 bits per heavy atom. The van der Waals surface area contributed by atoms with Gasteiger partial charge >= 0.3 is 5.97 Å². The molecule has 2 N–H and O–H groups in total. The normalized spacial score (nSPS) is 10.2. The minimum absolute atomic E-state index is 0.136. The Kier molecular flexibility index (Phi) is 3.66. The van der Waals surface area contributed by atoms with Crippen molar-refractivity contribution >= 4 is 28.9 Å². The number of benzene rings is 1. The molecule has 0 aliphatic carbocycles. The van der Waals surface area contributed by atoms with Crippen LogP contribution in [-0.2, 0) is 0 Å². The molecule has 0 aliphatic rings. The molecule has 1 aromatic carbocycles. The predicted octanol–water partition coefficient (Wildman–Crippen LogP) is 3.32. The first kappa shape index (κ1) is 13.3. The molecule has 98 valence electrons. The van der Waals surface area contributed by atoms with Crippen LogP contribution in [0, 0.1) is 13.8 Å². The van der Waals surface area contributed by atoms with Gasteiger partial charge in [-0.2, -0.15) is 0 Å². The van der Waals surface area contributed by atoms with Gasteiger partial charge in [-0.25, -0.2) is 4.79 Å². The molecule has 0 radical (unpaired) electrons. The summed E-state index contributed by atoms with van der Waals surface area (Å²) < 4.78 is 0. The summed E-state index contributed by atoms with van der Waals surface area (Å²) in [5.74, 6) is -1.34. The zero-order valence-corrected chi connectivity index (χ0v) is 11.4. The van der Waals surface area contributed by atoms with Gasteiger partial charge in [-0.1, -0.05) is 6.07 Å². The third-order valence-corrected chi connectivity index (χ3v) is 3.78. The summed E-state index contributed by atoms with van der Waals surface area (Å²) in [6, 6.07) is 6.98. The van der Waals surface area contributed by atoms with E-state index in [2.05, 4.69) is 5.32 Å². The summed E-state index contributed by atoms with van der Waals surface area (Å²) in [6.45, 7) is 3.90. The lowest BCUT2D eigenvalue weighted by Crippen LogP contribution is -2.13. The van der Waals surface area contributed by atoms with E-state index in [-0.39, 0.29) is 10.8 Å². The Morgan fingerprint density at radius 3 is 2.53 bits per heavy atom. The van der Waals surface area contributed by atoms with Crippen LogP contribution in [0.15, 0.2) is 29.6 Å². The maximum Gasteiger partial charge on any atom is 0.348 e. The van der Waals surface area contributed by atoms with Crippen LogP contribution < -0.4 is 5.32 Å². The minimum Gasteiger partial charge on any atom is -0.477 e. The molecule has 19 heavy (non-hydrogen) atoms. The highest BCUT2D eigenvalue weighted by atomic mass is 32.1. The molecule has 0 spiro atoms. The molecule has 2 rings (SSSR count). The van der Waals surface area contributed by atoms with Crippen LogP contribution in [-0.4, -0.2) is 17.0 Å². The number of aryl methyl sites for hydroxylation is 2. The topological polar surface area (TPSA) is 66.4 Å². The van der Waals surface area contributed by atoms with E-state index in [9.17, 15) is 9.59 Å². The van der Waals surface area contributed by atoms with E-state index in [0.29, 0.717) is 11.3 Å². The highest BCUT2D eigenvalue weighted by Gasteiger charge is 2.15. The number of nitrogens with one attached hydrogen (secondary N) is 1. The smallest absolute Gasteiger partial charge is 0.348 e. The van der Waals surface area contributed by atoms with Gasteiger partial charge in [0.1, 0.15) is 4.88 Å². The Balaban J connectivity index is 2.23. The molecule has 0 atom stereocenters. The Hall–Kier alpha value is -2.14. The molecule has 1 heterocycles. The summed E-state index contributed by atoms with van der Waals surface area (Å²) in [4.78, 5) is 23.1. The molecule has 1 amide bonds. The van der Waals surface area contributed by atoms with Crippen LogP contribution in [0.1, 0.15) is 31.2 Å². The minimum atomic E-state index is -1.04. The van der Waals surface area contributed by atoms with E-state index < -0.39 is 5.97 Å². The van der Waals surface area contributed by atoms with Gasteiger partial charge in [0, 0.05) is 5.56 Å². The van der Waals surface area contributed by atoms with Gasteiger partial charge in [-0.15, -0.1) is 11.3 Å². The van der Waals surface area contributed by atoms with Gasteiger partial charge < -0.3 is 10.4 Å². The Labute approximate surface area is 114 Å². The van der Waals surface area contributed by atoms with E-state index in [4.69, 9.17) is 5.11 Å². The molecule has 0 bridgehead atoms. The summed E-state index contributed by atoms with van der Waals surface area (Å²) in [6.07, 6.45) is 0. The first-order chi connectivity index (χ1) is 8.99. The van der Waals surface area contributed by atoms with Crippen molar-refractivity contribution in [2.45, 2.75) is 13.8 Å². The van der Waals surface area contributed by atoms with Gasteiger partial charge in [0.25, 0.3) is 5.91 Å². The lowest BCUT2D eigenvalue weighted by atomic mass is 10.1. The first-order valence-corrected chi connectivity index (χ1v) is 6.56. The maximum absolute atomic E-state index is 12.1. The maximum atomic E-state index is 12.1. The van der Waals surface area contributed by atoms with Crippen LogP contribution >= 0.6 is 11.3 Å². The highest BCUT2D eigenvalue weighted by Crippen LogP contribution is 2.23. The zero-order chi connectivity index (χ0) is 14.0. The van der Waals surface area contributed by atoms with Crippen LogP contribution in [0.3, 0.4) is 0 Å². The average Bonchev–Trinajstić information content (AvgIpc) is 2.80. The third kappa shape index (κ3) is 2.82. The molecule has 5 heteroatoms. The zero-order valence-electron chi connectivity index (χ0n) is 10.6. The number of carboxylic acids is 1. The lowest BCUT2D eigenvalue weighted by Gasteiger charge is -2.06. The summed E-state index contributed by atoms with van der Waals surface area (Å²) in [5.41, 5.74) is 2.99. The summed E-state index contributed by atoms with van der Waals surface area (Å²) in [7, 11) is 0. The van der Waals surface area contributed by atoms with Crippen molar-refractivity contribution in [3.8, 4) is 0 Å². The SMILES string of the molecule is Cc1ccc(C(=O)Nc2ccsc2C(=O)O)cc1C. The Bertz CT molecular complexity index is 646. The molecule has 4 nitrogen and oxygen atoms in total. The molecule has 0 saturated carbocycles. The molecule has 0 unspecified atom stereocenters. The van der Waals surface area contributed by atoms with Crippen molar-refractivity contribution in [3.05, 3.63) is 51.2 Å². The largest absolute Gasteiger partial charge is 0.477 e. The van der Waals surface area contributed by atoms with Crippen LogP contribution in [0.5, 0.6) is 0 Å². The molecule has 0 fully saturated rings. The van der Waals surface area contributed by atoms with Crippen molar-refractivity contribution < 1.29 is 14.7 Å². The van der Waals surface area contributed by atoms with Crippen molar-refractivity contribution in [2.24, 2.45) is 0 Å². The summed E-state index contributed by atoms with van der Waals surface area (Å²) >= 11 is 1.09. The molecule has 2 aromatic rings. The molecular formula is C14H13NO3S. The van der Waals surface area contributed by atoms with Crippen molar-refractivity contribution in [2.75, 3.05) is 5.32 Å². The fourth-order valence-corrected chi connectivity index (χ4v) is 2.34. The fourth-order valence-electron chi connectivity index (χ4n) is 1.65. The van der Waals surface area contributed by atoms with Gasteiger partial charge in [-0.05, 0) is 48.6 Å². The number of carbonyl (C=O) groups is 2. The Morgan fingerprint density at radius 2 is 1.89 bits per heavy atom. The first-order valence-electron chi connectivity index (χ1n) is 5.68. The number of aromatic carboxylic acids is 1. The van der Waals surface area contributed by atoms with Crippen molar-refractivity contribution in [1.82, 2.24) is 0 Å². The average molecular weight is 275 g/mol. The third-order valence-electron chi connectivity index (χ3n) is 2.88. The van der Waals surface area contributed by atoms with E-state index in [1.807, 2.05) is 19.9 Å². The number of hydrogen-bond donors (Lipinski definition) is 2. The fraction of sp³-hybridized carbons (Fsp3) is 0.143. The highest BCUT2D eigenvalue weighted by molar-refractivity contribution is 7.12. The molecule has 0 aliphatic heterocycles. The van der Waals surface area contributed by atoms with Gasteiger partial charge in [0.2, 0.25) is 0 Å². The molecule has 0 saturated heterocycles. The van der Waals surface area contributed by atoms with Crippen molar-refractivity contribution in [1.29, 1.82) is 0 Å². The quantitative estimate of drug-likeness (QED) is 0.903. The second kappa shape index (κ2) is 5.24. The second-order valence-electron chi connectivity index (χ2n) is 4.22.